The Bertz CT molecular complexity index is 808. The largest absolute Gasteiger partial charge is 0.343 e. The first-order chi connectivity index (χ1) is 12.9. The lowest BCUT2D eigenvalue weighted by Crippen LogP contribution is -2.50. The summed E-state index contributed by atoms with van der Waals surface area (Å²) in [6, 6.07) is 9.91. The smallest absolute Gasteiger partial charge is 0.251 e. The standard InChI is InChI=1S/C20H24BrN3O2S/c1-14-9-15(2)11-16(10-14)20(26)22-12-19(25)24-7-5-23(6-8-24)13-17-3-4-18(21)27-17/h3-4,9-11H,5-8,12-13H2,1-2H3,(H,22,26). The van der Waals surface area contributed by atoms with Crippen LogP contribution in [0.4, 0.5) is 0 Å². The summed E-state index contributed by atoms with van der Waals surface area (Å²) in [5.74, 6) is -0.219. The Kier molecular flexibility index (Phi) is 6.68. The highest BCUT2D eigenvalue weighted by Gasteiger charge is 2.22. The summed E-state index contributed by atoms with van der Waals surface area (Å²) in [4.78, 5) is 30.2. The molecule has 0 atom stereocenters. The van der Waals surface area contributed by atoms with E-state index in [1.807, 2.05) is 36.9 Å². The first-order valence-corrected chi connectivity index (χ1v) is 10.6. The molecule has 0 saturated carbocycles. The van der Waals surface area contributed by atoms with Crippen LogP contribution in [-0.2, 0) is 11.3 Å². The predicted molar refractivity (Wildman–Crippen MR) is 112 cm³/mol. The first-order valence-electron chi connectivity index (χ1n) is 9.01. The second-order valence-corrected chi connectivity index (χ2v) is 9.47. The van der Waals surface area contributed by atoms with Crippen LogP contribution in [0.25, 0.3) is 0 Å². The molecule has 1 aromatic carbocycles. The molecule has 1 fully saturated rings. The van der Waals surface area contributed by atoms with E-state index in [1.165, 1.54) is 4.88 Å². The summed E-state index contributed by atoms with van der Waals surface area (Å²) in [5.41, 5.74) is 2.69. The van der Waals surface area contributed by atoms with Gasteiger partial charge in [-0.2, -0.15) is 0 Å². The molecule has 0 unspecified atom stereocenters. The monoisotopic (exact) mass is 449 g/mol. The Hall–Kier alpha value is -1.70. The minimum atomic E-state index is -0.197. The maximum absolute atomic E-state index is 12.4. The van der Waals surface area contributed by atoms with Gasteiger partial charge >= 0.3 is 0 Å². The van der Waals surface area contributed by atoms with E-state index in [0.717, 1.165) is 34.5 Å². The third-order valence-corrected chi connectivity index (χ3v) is 6.23. The average molecular weight is 450 g/mol. The van der Waals surface area contributed by atoms with Crippen LogP contribution in [0.2, 0.25) is 0 Å². The van der Waals surface area contributed by atoms with Gasteiger partial charge in [-0.15, -0.1) is 11.3 Å². The van der Waals surface area contributed by atoms with E-state index in [0.29, 0.717) is 18.7 Å². The highest BCUT2D eigenvalue weighted by Crippen LogP contribution is 2.23. The topological polar surface area (TPSA) is 52.7 Å². The number of nitrogens with one attached hydrogen (secondary N) is 1. The molecule has 1 aliphatic heterocycles. The zero-order valence-corrected chi connectivity index (χ0v) is 18.0. The summed E-state index contributed by atoms with van der Waals surface area (Å²) >= 11 is 5.24. The third-order valence-electron chi connectivity index (χ3n) is 4.62. The molecule has 144 valence electrons. The van der Waals surface area contributed by atoms with Gasteiger partial charge in [-0.1, -0.05) is 17.2 Å². The van der Waals surface area contributed by atoms with Crippen molar-refractivity contribution in [2.75, 3.05) is 32.7 Å². The highest BCUT2D eigenvalue weighted by molar-refractivity contribution is 9.11. The van der Waals surface area contributed by atoms with Crippen molar-refractivity contribution in [1.29, 1.82) is 0 Å². The molecule has 0 radical (unpaired) electrons. The molecule has 5 nitrogen and oxygen atoms in total. The number of hydrogen-bond donors (Lipinski definition) is 1. The molecule has 27 heavy (non-hydrogen) atoms. The van der Waals surface area contributed by atoms with Crippen LogP contribution in [0.5, 0.6) is 0 Å². The van der Waals surface area contributed by atoms with Crippen molar-refractivity contribution in [3.63, 3.8) is 0 Å². The fourth-order valence-electron chi connectivity index (χ4n) is 3.29. The van der Waals surface area contributed by atoms with Gasteiger partial charge in [0.05, 0.1) is 10.3 Å². The number of amides is 2. The van der Waals surface area contributed by atoms with Crippen molar-refractivity contribution in [1.82, 2.24) is 15.1 Å². The van der Waals surface area contributed by atoms with Crippen LogP contribution in [0.1, 0.15) is 26.4 Å². The lowest BCUT2D eigenvalue weighted by Gasteiger charge is -2.34. The van der Waals surface area contributed by atoms with Crippen molar-refractivity contribution < 1.29 is 9.59 Å². The fourth-order valence-corrected chi connectivity index (χ4v) is 4.81. The van der Waals surface area contributed by atoms with Gasteiger partial charge in [-0.25, -0.2) is 0 Å². The van der Waals surface area contributed by atoms with Crippen LogP contribution >= 0.6 is 27.3 Å². The lowest BCUT2D eigenvalue weighted by atomic mass is 10.1. The normalized spacial score (nSPS) is 15.0. The molecule has 1 N–H and O–H groups in total. The zero-order chi connectivity index (χ0) is 19.4. The molecular weight excluding hydrogens is 426 g/mol. The van der Waals surface area contributed by atoms with Crippen molar-refractivity contribution in [3.8, 4) is 0 Å². The van der Waals surface area contributed by atoms with E-state index in [1.54, 1.807) is 11.3 Å². The van der Waals surface area contributed by atoms with Gasteiger partial charge in [-0.3, -0.25) is 14.5 Å². The summed E-state index contributed by atoms with van der Waals surface area (Å²) in [6.45, 7) is 7.99. The summed E-state index contributed by atoms with van der Waals surface area (Å²) in [6.07, 6.45) is 0. The molecule has 1 aromatic heterocycles. The van der Waals surface area contributed by atoms with Crippen molar-refractivity contribution in [2.45, 2.75) is 20.4 Å². The molecule has 1 saturated heterocycles. The van der Waals surface area contributed by atoms with Gasteiger partial charge < -0.3 is 10.2 Å². The van der Waals surface area contributed by atoms with Gasteiger partial charge in [-0.05, 0) is 54.0 Å². The number of thiophene rings is 1. The lowest BCUT2D eigenvalue weighted by molar-refractivity contribution is -0.131. The number of piperazine rings is 1. The molecule has 2 heterocycles. The minimum absolute atomic E-state index is 0.0220. The second-order valence-electron chi connectivity index (χ2n) is 6.92. The number of aryl methyl sites for hydroxylation is 2. The van der Waals surface area contributed by atoms with E-state index in [2.05, 4.69) is 38.3 Å². The number of hydrogen-bond acceptors (Lipinski definition) is 4. The van der Waals surface area contributed by atoms with Crippen molar-refractivity contribution in [3.05, 3.63) is 55.7 Å². The molecule has 0 spiro atoms. The maximum atomic E-state index is 12.4. The number of nitrogens with zero attached hydrogens (tertiary/aromatic N) is 2. The molecule has 7 heteroatoms. The number of carbonyl (C=O) groups is 2. The van der Waals surface area contributed by atoms with Gasteiger partial charge in [0, 0.05) is 43.2 Å². The van der Waals surface area contributed by atoms with Crippen molar-refractivity contribution in [2.24, 2.45) is 0 Å². The Morgan fingerprint density at radius 2 is 1.74 bits per heavy atom. The van der Waals surface area contributed by atoms with Crippen LogP contribution in [0.3, 0.4) is 0 Å². The van der Waals surface area contributed by atoms with Gasteiger partial charge in [0.2, 0.25) is 5.91 Å². The Morgan fingerprint density at radius 1 is 1.07 bits per heavy atom. The summed E-state index contributed by atoms with van der Waals surface area (Å²) in [5, 5.41) is 2.76. The van der Waals surface area contributed by atoms with Crippen LogP contribution in [-0.4, -0.2) is 54.3 Å². The molecule has 3 rings (SSSR count). The molecular formula is C20H24BrN3O2S. The van der Waals surface area contributed by atoms with E-state index >= 15 is 0 Å². The van der Waals surface area contributed by atoms with Gasteiger partial charge in [0.15, 0.2) is 0 Å². The van der Waals surface area contributed by atoms with E-state index in [-0.39, 0.29) is 18.4 Å². The first kappa shape index (κ1) is 20.0. The minimum Gasteiger partial charge on any atom is -0.343 e. The molecule has 2 aromatic rings. The Labute approximate surface area is 172 Å². The van der Waals surface area contributed by atoms with E-state index < -0.39 is 0 Å². The quantitative estimate of drug-likeness (QED) is 0.762. The zero-order valence-electron chi connectivity index (χ0n) is 15.6. The molecule has 2 amide bonds. The SMILES string of the molecule is Cc1cc(C)cc(C(=O)NCC(=O)N2CCN(Cc3ccc(Br)s3)CC2)c1. The van der Waals surface area contributed by atoms with Crippen LogP contribution < -0.4 is 5.32 Å². The molecule has 0 bridgehead atoms. The van der Waals surface area contributed by atoms with Gasteiger partial charge in [0.1, 0.15) is 0 Å². The summed E-state index contributed by atoms with van der Waals surface area (Å²) < 4.78 is 1.14. The molecule has 0 aliphatic carbocycles. The Balaban J connectivity index is 1.44. The number of rotatable bonds is 5. The van der Waals surface area contributed by atoms with Crippen LogP contribution in [0, 0.1) is 13.8 Å². The maximum Gasteiger partial charge on any atom is 0.251 e. The molecule has 1 aliphatic rings. The fraction of sp³-hybridized carbons (Fsp3) is 0.400. The predicted octanol–water partition coefficient (Wildman–Crippen LogP) is 3.20. The summed E-state index contributed by atoms with van der Waals surface area (Å²) in [7, 11) is 0. The number of benzene rings is 1. The third kappa shape index (κ3) is 5.64. The Morgan fingerprint density at radius 3 is 2.33 bits per heavy atom. The van der Waals surface area contributed by atoms with Gasteiger partial charge in [0.25, 0.3) is 5.91 Å². The number of halogens is 1. The number of carbonyl (C=O) groups excluding carboxylic acids is 2. The highest BCUT2D eigenvalue weighted by atomic mass is 79.9. The average Bonchev–Trinajstić information content (AvgIpc) is 3.04. The van der Waals surface area contributed by atoms with Crippen molar-refractivity contribution >= 4 is 39.1 Å². The van der Waals surface area contributed by atoms with E-state index in [9.17, 15) is 9.59 Å². The van der Waals surface area contributed by atoms with E-state index in [4.69, 9.17) is 0 Å². The second kappa shape index (κ2) is 8.99. The van der Waals surface area contributed by atoms with Crippen LogP contribution in [0.15, 0.2) is 34.1 Å².